The molecule has 2 aromatic carbocycles. The summed E-state index contributed by atoms with van der Waals surface area (Å²) in [6.07, 6.45) is 1.06. The average Bonchev–Trinajstić information content (AvgIpc) is 3.46. The Balaban J connectivity index is 1.74. The molecular formula is C21H24N2O4. The van der Waals surface area contributed by atoms with Gasteiger partial charge in [0.1, 0.15) is 5.41 Å². The van der Waals surface area contributed by atoms with Gasteiger partial charge in [-0.3, -0.25) is 9.59 Å². The van der Waals surface area contributed by atoms with E-state index in [0.29, 0.717) is 30.0 Å². The monoisotopic (exact) mass is 368 g/mol. The van der Waals surface area contributed by atoms with Gasteiger partial charge in [0, 0.05) is 17.4 Å². The van der Waals surface area contributed by atoms with Crippen molar-refractivity contribution in [2.24, 2.45) is 5.41 Å². The molecule has 0 unspecified atom stereocenters. The minimum atomic E-state index is -1.02. The highest BCUT2D eigenvalue weighted by molar-refractivity contribution is 6.17. The molecule has 2 N–H and O–H groups in total. The van der Waals surface area contributed by atoms with Gasteiger partial charge in [-0.25, -0.2) is 0 Å². The third-order valence-corrected chi connectivity index (χ3v) is 4.90. The summed E-state index contributed by atoms with van der Waals surface area (Å²) in [4.78, 5) is 25.6. The zero-order valence-electron chi connectivity index (χ0n) is 16.0. The second-order valence-electron chi connectivity index (χ2n) is 6.88. The molecule has 1 aliphatic carbocycles. The summed E-state index contributed by atoms with van der Waals surface area (Å²) < 4.78 is 10.5. The molecule has 0 radical (unpaired) electrons. The van der Waals surface area contributed by atoms with E-state index in [9.17, 15) is 9.59 Å². The molecule has 6 nitrogen and oxygen atoms in total. The number of aryl methyl sites for hydroxylation is 2. The predicted molar refractivity (Wildman–Crippen MR) is 104 cm³/mol. The van der Waals surface area contributed by atoms with Crippen LogP contribution in [0.15, 0.2) is 36.4 Å². The Kier molecular flexibility index (Phi) is 5.08. The molecule has 27 heavy (non-hydrogen) atoms. The maximum atomic E-state index is 12.8. The van der Waals surface area contributed by atoms with Crippen LogP contribution in [0, 0.1) is 19.3 Å². The molecule has 142 valence electrons. The largest absolute Gasteiger partial charge is 0.493 e. The number of hydrogen-bond donors (Lipinski definition) is 2. The maximum Gasteiger partial charge on any atom is 0.240 e. The van der Waals surface area contributed by atoms with Crippen LogP contribution in [0.5, 0.6) is 11.5 Å². The summed E-state index contributed by atoms with van der Waals surface area (Å²) >= 11 is 0. The molecule has 2 aromatic rings. The number of anilines is 2. The van der Waals surface area contributed by atoms with Crippen LogP contribution in [0.1, 0.15) is 24.0 Å². The van der Waals surface area contributed by atoms with Crippen molar-refractivity contribution in [3.8, 4) is 11.5 Å². The van der Waals surface area contributed by atoms with Gasteiger partial charge in [-0.1, -0.05) is 12.1 Å². The number of rotatable bonds is 6. The standard InChI is InChI=1S/C21H24N2O4/c1-13-5-6-14(2)16(11-13)23-20(25)21(9-10-21)19(24)22-15-7-8-17(26-3)18(12-15)27-4/h5-8,11-12H,9-10H2,1-4H3,(H,22,24)(H,23,25). The molecule has 0 aromatic heterocycles. The Labute approximate surface area is 158 Å². The van der Waals surface area contributed by atoms with E-state index in [2.05, 4.69) is 10.6 Å². The van der Waals surface area contributed by atoms with Gasteiger partial charge in [0.25, 0.3) is 0 Å². The molecule has 0 spiro atoms. The minimum absolute atomic E-state index is 0.269. The topological polar surface area (TPSA) is 76.7 Å². The molecule has 0 aliphatic heterocycles. The number of amides is 2. The van der Waals surface area contributed by atoms with Crippen molar-refractivity contribution < 1.29 is 19.1 Å². The van der Waals surface area contributed by atoms with E-state index >= 15 is 0 Å². The summed E-state index contributed by atoms with van der Waals surface area (Å²) in [5.41, 5.74) is 2.29. The average molecular weight is 368 g/mol. The van der Waals surface area contributed by atoms with Crippen LogP contribution in [-0.4, -0.2) is 26.0 Å². The van der Waals surface area contributed by atoms with E-state index in [4.69, 9.17) is 9.47 Å². The maximum absolute atomic E-state index is 12.8. The predicted octanol–water partition coefficient (Wildman–Crippen LogP) is 3.68. The van der Waals surface area contributed by atoms with Gasteiger partial charge in [-0.15, -0.1) is 0 Å². The van der Waals surface area contributed by atoms with Gasteiger partial charge in [-0.2, -0.15) is 0 Å². The fraction of sp³-hybridized carbons (Fsp3) is 0.333. The minimum Gasteiger partial charge on any atom is -0.493 e. The van der Waals surface area contributed by atoms with Crippen molar-refractivity contribution in [1.82, 2.24) is 0 Å². The third-order valence-electron chi connectivity index (χ3n) is 4.90. The van der Waals surface area contributed by atoms with Crippen molar-refractivity contribution in [3.63, 3.8) is 0 Å². The van der Waals surface area contributed by atoms with Crippen molar-refractivity contribution in [2.75, 3.05) is 24.9 Å². The lowest BCUT2D eigenvalue weighted by Crippen LogP contribution is -2.35. The van der Waals surface area contributed by atoms with Crippen LogP contribution in [0.3, 0.4) is 0 Å². The Morgan fingerprint density at radius 1 is 0.889 bits per heavy atom. The van der Waals surface area contributed by atoms with Crippen LogP contribution in [0.2, 0.25) is 0 Å². The summed E-state index contributed by atoms with van der Waals surface area (Å²) in [5, 5.41) is 5.74. The molecule has 6 heteroatoms. The van der Waals surface area contributed by atoms with Crippen LogP contribution < -0.4 is 20.1 Å². The van der Waals surface area contributed by atoms with E-state index in [1.807, 2.05) is 32.0 Å². The van der Waals surface area contributed by atoms with Gasteiger partial charge in [0.05, 0.1) is 14.2 Å². The molecule has 1 fully saturated rings. The number of nitrogens with one attached hydrogen (secondary N) is 2. The summed E-state index contributed by atoms with van der Waals surface area (Å²) in [5.74, 6) is 0.510. The zero-order valence-corrected chi connectivity index (χ0v) is 16.0. The fourth-order valence-electron chi connectivity index (χ4n) is 2.96. The van der Waals surface area contributed by atoms with Crippen LogP contribution >= 0.6 is 0 Å². The highest BCUT2D eigenvalue weighted by Gasteiger charge is 2.56. The normalized spacial score (nSPS) is 14.2. The first-order valence-electron chi connectivity index (χ1n) is 8.82. The fourth-order valence-corrected chi connectivity index (χ4v) is 2.96. The van der Waals surface area contributed by atoms with Crippen molar-refractivity contribution in [1.29, 1.82) is 0 Å². The van der Waals surface area contributed by atoms with Gasteiger partial charge in [-0.05, 0) is 56.0 Å². The summed E-state index contributed by atoms with van der Waals surface area (Å²) in [7, 11) is 3.08. The first-order valence-corrected chi connectivity index (χ1v) is 8.82. The van der Waals surface area contributed by atoms with E-state index in [1.165, 1.54) is 7.11 Å². The van der Waals surface area contributed by atoms with E-state index in [-0.39, 0.29) is 11.8 Å². The van der Waals surface area contributed by atoms with Gasteiger partial charge in [0.15, 0.2) is 11.5 Å². The lowest BCUT2D eigenvalue weighted by molar-refractivity contribution is -0.131. The highest BCUT2D eigenvalue weighted by Crippen LogP contribution is 2.48. The van der Waals surface area contributed by atoms with Crippen molar-refractivity contribution >= 4 is 23.2 Å². The van der Waals surface area contributed by atoms with Crippen molar-refractivity contribution in [3.05, 3.63) is 47.5 Å². The molecule has 0 atom stereocenters. The van der Waals surface area contributed by atoms with E-state index in [0.717, 1.165) is 16.8 Å². The van der Waals surface area contributed by atoms with Gasteiger partial charge >= 0.3 is 0 Å². The molecule has 3 rings (SSSR count). The Morgan fingerprint density at radius 2 is 1.56 bits per heavy atom. The molecule has 1 aliphatic rings. The molecule has 0 heterocycles. The van der Waals surface area contributed by atoms with Crippen LogP contribution in [0.4, 0.5) is 11.4 Å². The Morgan fingerprint density at radius 3 is 2.19 bits per heavy atom. The van der Waals surface area contributed by atoms with E-state index < -0.39 is 5.41 Å². The van der Waals surface area contributed by atoms with Gasteiger partial charge < -0.3 is 20.1 Å². The molecule has 1 saturated carbocycles. The smallest absolute Gasteiger partial charge is 0.240 e. The van der Waals surface area contributed by atoms with Gasteiger partial charge in [0.2, 0.25) is 11.8 Å². The molecule has 2 amide bonds. The van der Waals surface area contributed by atoms with Crippen LogP contribution in [-0.2, 0) is 9.59 Å². The van der Waals surface area contributed by atoms with Crippen LogP contribution in [0.25, 0.3) is 0 Å². The number of hydrogen-bond acceptors (Lipinski definition) is 4. The number of ether oxygens (including phenoxy) is 2. The Hall–Kier alpha value is -3.02. The number of methoxy groups -OCH3 is 2. The lowest BCUT2D eigenvalue weighted by atomic mass is 10.0. The zero-order chi connectivity index (χ0) is 19.6. The summed E-state index contributed by atoms with van der Waals surface area (Å²) in [6, 6.07) is 11.0. The lowest BCUT2D eigenvalue weighted by Gasteiger charge is -2.17. The van der Waals surface area contributed by atoms with E-state index in [1.54, 1.807) is 25.3 Å². The third kappa shape index (κ3) is 3.74. The number of benzene rings is 2. The second kappa shape index (κ2) is 7.31. The SMILES string of the molecule is COc1ccc(NC(=O)C2(C(=O)Nc3cc(C)ccc3C)CC2)cc1OC. The first kappa shape index (κ1) is 18.8. The number of carbonyl (C=O) groups is 2. The van der Waals surface area contributed by atoms with Crippen molar-refractivity contribution in [2.45, 2.75) is 26.7 Å². The quantitative estimate of drug-likeness (QED) is 0.763. The highest BCUT2D eigenvalue weighted by atomic mass is 16.5. The Bertz CT molecular complexity index is 888. The molecular weight excluding hydrogens is 344 g/mol. The first-order chi connectivity index (χ1) is 12.9. The molecule has 0 saturated heterocycles. The summed E-state index contributed by atoms with van der Waals surface area (Å²) in [6.45, 7) is 3.89. The molecule has 0 bridgehead atoms. The number of carbonyl (C=O) groups excluding carboxylic acids is 2. The second-order valence-corrected chi connectivity index (χ2v) is 6.88.